The van der Waals surface area contributed by atoms with Gasteiger partial charge in [-0.25, -0.2) is 0 Å². The zero-order chi connectivity index (χ0) is 10.1. The summed E-state index contributed by atoms with van der Waals surface area (Å²) in [7, 11) is 0. The van der Waals surface area contributed by atoms with Gasteiger partial charge in [0.1, 0.15) is 0 Å². The van der Waals surface area contributed by atoms with E-state index in [2.05, 4.69) is 4.84 Å². The van der Waals surface area contributed by atoms with Crippen molar-refractivity contribution in [1.29, 1.82) is 0 Å². The average Bonchev–Trinajstić information content (AvgIpc) is 2.01. The van der Waals surface area contributed by atoms with E-state index in [1.54, 1.807) is 0 Å². The highest BCUT2D eigenvalue weighted by atomic mass is 35.5. The first-order valence-electron chi connectivity index (χ1n) is 3.28. The van der Waals surface area contributed by atoms with Crippen LogP contribution < -0.4 is 10.6 Å². The normalized spacial score (nSPS) is 11.4. The average molecular weight is 211 g/mol. The molecule has 0 aliphatic heterocycles. The molecule has 0 fully saturated rings. The molecule has 0 bridgehead atoms. The lowest BCUT2D eigenvalue weighted by molar-refractivity contribution is -0.137. The lowest BCUT2D eigenvalue weighted by Gasteiger charge is -2.09. The number of rotatable bonds is 1. The van der Waals surface area contributed by atoms with Crippen LogP contribution in [0.3, 0.4) is 0 Å². The number of anilines is 2. The van der Waals surface area contributed by atoms with E-state index in [0.717, 1.165) is 12.1 Å². The molecule has 0 radical (unpaired) electrons. The second-order valence-corrected chi connectivity index (χ2v) is 2.62. The molecular weight excluding hydrogens is 205 g/mol. The molecule has 0 atom stereocenters. The number of nitrogen functional groups attached to an aromatic ring is 1. The predicted molar refractivity (Wildman–Crippen MR) is 45.3 cm³/mol. The minimum atomic E-state index is -4.40. The molecular formula is C7H6ClF3N2. The van der Waals surface area contributed by atoms with E-state index < -0.39 is 11.7 Å². The van der Waals surface area contributed by atoms with Crippen molar-refractivity contribution in [2.45, 2.75) is 6.18 Å². The van der Waals surface area contributed by atoms with E-state index in [1.165, 1.54) is 6.07 Å². The van der Waals surface area contributed by atoms with Crippen molar-refractivity contribution in [3.63, 3.8) is 0 Å². The van der Waals surface area contributed by atoms with E-state index in [-0.39, 0.29) is 11.4 Å². The highest BCUT2D eigenvalue weighted by Gasteiger charge is 2.30. The molecule has 6 heteroatoms. The number of benzene rings is 1. The molecule has 3 N–H and O–H groups in total. The van der Waals surface area contributed by atoms with Crippen molar-refractivity contribution in [3.05, 3.63) is 23.8 Å². The summed E-state index contributed by atoms with van der Waals surface area (Å²) in [4.78, 5) is 2.07. The molecule has 1 rings (SSSR count). The minimum Gasteiger partial charge on any atom is -0.399 e. The van der Waals surface area contributed by atoms with Gasteiger partial charge < -0.3 is 5.73 Å². The number of alkyl halides is 3. The van der Waals surface area contributed by atoms with Gasteiger partial charge in [0.2, 0.25) is 0 Å². The molecule has 1 aromatic rings. The zero-order valence-electron chi connectivity index (χ0n) is 6.32. The van der Waals surface area contributed by atoms with Crippen molar-refractivity contribution in [1.82, 2.24) is 0 Å². The molecule has 0 spiro atoms. The number of hydrogen-bond acceptors (Lipinski definition) is 2. The molecule has 13 heavy (non-hydrogen) atoms. The summed E-state index contributed by atoms with van der Waals surface area (Å²) in [6.07, 6.45) is -4.40. The fourth-order valence-corrected chi connectivity index (χ4v) is 0.979. The lowest BCUT2D eigenvalue weighted by Crippen LogP contribution is -2.06. The van der Waals surface area contributed by atoms with Crippen LogP contribution in [0.2, 0.25) is 0 Å². The maximum absolute atomic E-state index is 12.2. The first kappa shape index (κ1) is 9.98. The molecule has 0 saturated heterocycles. The van der Waals surface area contributed by atoms with Gasteiger partial charge in [-0.3, -0.25) is 4.84 Å². The summed E-state index contributed by atoms with van der Waals surface area (Å²) < 4.78 is 36.5. The van der Waals surface area contributed by atoms with Gasteiger partial charge in [-0.1, -0.05) is 0 Å². The number of nitrogens with one attached hydrogen (secondary N) is 1. The van der Waals surface area contributed by atoms with E-state index in [4.69, 9.17) is 17.5 Å². The first-order chi connectivity index (χ1) is 5.93. The highest BCUT2D eigenvalue weighted by molar-refractivity contribution is 6.24. The Labute approximate surface area is 77.6 Å². The Bertz CT molecular complexity index is 311. The molecule has 0 heterocycles. The Morgan fingerprint density at radius 2 is 1.85 bits per heavy atom. The van der Waals surface area contributed by atoms with Crippen molar-refractivity contribution >= 4 is 23.2 Å². The monoisotopic (exact) mass is 210 g/mol. The van der Waals surface area contributed by atoms with E-state index in [1.807, 2.05) is 0 Å². The smallest absolute Gasteiger partial charge is 0.399 e. The quantitative estimate of drug-likeness (QED) is 0.553. The molecule has 0 saturated carbocycles. The van der Waals surface area contributed by atoms with Gasteiger partial charge in [0.25, 0.3) is 0 Å². The highest BCUT2D eigenvalue weighted by Crippen LogP contribution is 2.32. The third-order valence-corrected chi connectivity index (χ3v) is 1.61. The predicted octanol–water partition coefficient (Wildman–Crippen LogP) is 2.85. The second kappa shape index (κ2) is 3.33. The maximum Gasteiger partial charge on any atom is 0.416 e. The molecule has 0 aromatic heterocycles. The van der Waals surface area contributed by atoms with Crippen LogP contribution in [-0.2, 0) is 6.18 Å². The Morgan fingerprint density at radius 1 is 1.23 bits per heavy atom. The van der Waals surface area contributed by atoms with Crippen LogP contribution in [0.25, 0.3) is 0 Å². The van der Waals surface area contributed by atoms with E-state index in [0.29, 0.717) is 0 Å². The van der Waals surface area contributed by atoms with Crippen molar-refractivity contribution in [3.8, 4) is 0 Å². The van der Waals surface area contributed by atoms with Crippen LogP contribution >= 0.6 is 11.8 Å². The largest absolute Gasteiger partial charge is 0.416 e. The van der Waals surface area contributed by atoms with Crippen molar-refractivity contribution < 1.29 is 13.2 Å². The Kier molecular flexibility index (Phi) is 2.56. The molecule has 0 aliphatic rings. The Hall–Kier alpha value is -1.10. The lowest BCUT2D eigenvalue weighted by atomic mass is 10.2. The third-order valence-electron chi connectivity index (χ3n) is 1.39. The summed E-state index contributed by atoms with van der Waals surface area (Å²) in [6.45, 7) is 0. The SMILES string of the molecule is Nc1cc(NCl)cc(C(F)(F)F)c1. The summed E-state index contributed by atoms with van der Waals surface area (Å²) >= 11 is 5.15. The van der Waals surface area contributed by atoms with Crippen LogP contribution in [0.15, 0.2) is 18.2 Å². The summed E-state index contributed by atoms with van der Waals surface area (Å²) in [6, 6.07) is 3.03. The van der Waals surface area contributed by atoms with Gasteiger partial charge in [0.15, 0.2) is 0 Å². The van der Waals surface area contributed by atoms with E-state index in [9.17, 15) is 13.2 Å². The van der Waals surface area contributed by atoms with Gasteiger partial charge in [0.05, 0.1) is 11.3 Å². The number of halogens is 4. The fourth-order valence-electron chi connectivity index (χ4n) is 0.870. The topological polar surface area (TPSA) is 38.0 Å². The van der Waals surface area contributed by atoms with Crippen LogP contribution in [0.4, 0.5) is 24.5 Å². The van der Waals surface area contributed by atoms with Crippen LogP contribution in [0.1, 0.15) is 5.56 Å². The van der Waals surface area contributed by atoms with Crippen molar-refractivity contribution in [2.75, 3.05) is 10.6 Å². The summed E-state index contributed by atoms with van der Waals surface area (Å²) in [5.74, 6) is 0. The first-order valence-corrected chi connectivity index (χ1v) is 3.65. The molecule has 1 aromatic carbocycles. The summed E-state index contributed by atoms with van der Waals surface area (Å²) in [5, 5.41) is 0. The summed E-state index contributed by atoms with van der Waals surface area (Å²) in [5.41, 5.74) is 4.54. The minimum absolute atomic E-state index is 0.0120. The maximum atomic E-state index is 12.2. The molecule has 0 aliphatic carbocycles. The standard InChI is InChI=1S/C7H6ClF3N2/c8-13-6-2-4(7(9,10)11)1-5(12)3-6/h1-3,13H,12H2. The van der Waals surface area contributed by atoms with E-state index >= 15 is 0 Å². The van der Waals surface area contributed by atoms with Crippen molar-refractivity contribution in [2.24, 2.45) is 0 Å². The molecule has 2 nitrogen and oxygen atoms in total. The van der Waals surface area contributed by atoms with Gasteiger partial charge in [-0.15, -0.1) is 0 Å². The van der Waals surface area contributed by atoms with Crippen LogP contribution in [0, 0.1) is 0 Å². The van der Waals surface area contributed by atoms with Gasteiger partial charge in [-0.2, -0.15) is 13.2 Å². The zero-order valence-corrected chi connectivity index (χ0v) is 7.08. The number of hydrogen-bond donors (Lipinski definition) is 2. The van der Waals surface area contributed by atoms with Gasteiger partial charge in [-0.05, 0) is 18.2 Å². The van der Waals surface area contributed by atoms with Crippen LogP contribution in [-0.4, -0.2) is 0 Å². The third kappa shape index (κ3) is 2.42. The van der Waals surface area contributed by atoms with Gasteiger partial charge in [0, 0.05) is 17.5 Å². The molecule has 0 unspecified atom stereocenters. The molecule has 0 amide bonds. The van der Waals surface area contributed by atoms with Gasteiger partial charge >= 0.3 is 6.18 Å². The van der Waals surface area contributed by atoms with Crippen LogP contribution in [0.5, 0.6) is 0 Å². The molecule has 72 valence electrons. The fraction of sp³-hybridized carbons (Fsp3) is 0.143. The second-order valence-electron chi connectivity index (χ2n) is 2.44. The Balaban J connectivity index is 3.16. The Morgan fingerprint density at radius 3 is 2.31 bits per heavy atom. The number of nitrogens with two attached hydrogens (primary N) is 1.